The Kier molecular flexibility index (Phi) is 3.19. The summed E-state index contributed by atoms with van der Waals surface area (Å²) in [5.41, 5.74) is 6.85. The second kappa shape index (κ2) is 5.16. The number of nitrogen functional groups attached to an aromatic ring is 1. The van der Waals surface area contributed by atoms with E-state index in [-0.39, 0.29) is 17.7 Å². The highest BCUT2D eigenvalue weighted by molar-refractivity contribution is 5.55. The van der Waals surface area contributed by atoms with Crippen LogP contribution in [0.15, 0.2) is 36.7 Å². The van der Waals surface area contributed by atoms with Crippen molar-refractivity contribution in [3.8, 4) is 5.95 Å². The summed E-state index contributed by atoms with van der Waals surface area (Å²) in [5, 5.41) is 7.00. The molecule has 106 valence electrons. The summed E-state index contributed by atoms with van der Waals surface area (Å²) in [6.45, 7) is 1.68. The number of nitrogens with zero attached hydrogens (tertiary/aromatic N) is 5. The van der Waals surface area contributed by atoms with E-state index in [1.54, 1.807) is 37.5 Å². The molecule has 0 aliphatic heterocycles. The van der Waals surface area contributed by atoms with E-state index in [2.05, 4.69) is 25.4 Å². The van der Waals surface area contributed by atoms with E-state index in [4.69, 9.17) is 5.73 Å². The van der Waals surface area contributed by atoms with E-state index >= 15 is 0 Å². The van der Waals surface area contributed by atoms with Crippen molar-refractivity contribution in [1.29, 1.82) is 0 Å². The highest BCUT2D eigenvalue weighted by Gasteiger charge is 2.07. The molecule has 0 atom stereocenters. The fraction of sp³-hybridized carbons (Fsp3) is 0.0769. The monoisotopic (exact) mass is 285 g/mol. The first-order valence-corrected chi connectivity index (χ1v) is 6.16. The molecule has 3 rings (SSSR count). The SMILES string of the molecule is Cc1cc(Nc2nc(N)nc(-n3cccn3)n2)ccc1F. The third-order valence-corrected chi connectivity index (χ3v) is 2.76. The average Bonchev–Trinajstić information content (AvgIpc) is 2.96. The van der Waals surface area contributed by atoms with Crippen LogP contribution in [-0.2, 0) is 0 Å². The number of benzene rings is 1. The van der Waals surface area contributed by atoms with Crippen LogP contribution in [0.1, 0.15) is 5.56 Å². The Morgan fingerprint density at radius 2 is 2.10 bits per heavy atom. The van der Waals surface area contributed by atoms with Crippen LogP contribution in [-0.4, -0.2) is 24.7 Å². The van der Waals surface area contributed by atoms with Gasteiger partial charge < -0.3 is 11.1 Å². The number of nitrogens with one attached hydrogen (secondary N) is 1. The van der Waals surface area contributed by atoms with Gasteiger partial charge in [0.1, 0.15) is 5.82 Å². The van der Waals surface area contributed by atoms with Crippen LogP contribution in [0.5, 0.6) is 0 Å². The van der Waals surface area contributed by atoms with Gasteiger partial charge in [0.15, 0.2) is 0 Å². The van der Waals surface area contributed by atoms with Gasteiger partial charge in [-0.15, -0.1) is 0 Å². The molecule has 2 heterocycles. The van der Waals surface area contributed by atoms with Gasteiger partial charge in [0.05, 0.1) is 0 Å². The summed E-state index contributed by atoms with van der Waals surface area (Å²) < 4.78 is 14.7. The number of rotatable bonds is 3. The Bertz CT molecular complexity index is 770. The molecule has 2 aromatic heterocycles. The lowest BCUT2D eigenvalue weighted by Crippen LogP contribution is -2.09. The van der Waals surface area contributed by atoms with E-state index in [1.807, 2.05) is 0 Å². The molecule has 3 N–H and O–H groups in total. The quantitative estimate of drug-likeness (QED) is 0.762. The van der Waals surface area contributed by atoms with Crippen molar-refractivity contribution in [1.82, 2.24) is 24.7 Å². The maximum absolute atomic E-state index is 13.3. The zero-order chi connectivity index (χ0) is 14.8. The van der Waals surface area contributed by atoms with Crippen molar-refractivity contribution in [3.63, 3.8) is 0 Å². The topological polar surface area (TPSA) is 94.5 Å². The summed E-state index contributed by atoms with van der Waals surface area (Å²) in [4.78, 5) is 12.2. The fourth-order valence-corrected chi connectivity index (χ4v) is 1.78. The summed E-state index contributed by atoms with van der Waals surface area (Å²) in [6.07, 6.45) is 3.30. The minimum absolute atomic E-state index is 0.0665. The smallest absolute Gasteiger partial charge is 0.257 e. The van der Waals surface area contributed by atoms with E-state index < -0.39 is 0 Å². The van der Waals surface area contributed by atoms with Gasteiger partial charge in [-0.25, -0.2) is 9.07 Å². The van der Waals surface area contributed by atoms with Crippen LogP contribution in [0.2, 0.25) is 0 Å². The molecule has 0 amide bonds. The van der Waals surface area contributed by atoms with Gasteiger partial charge in [-0.05, 0) is 36.8 Å². The van der Waals surface area contributed by atoms with Crippen LogP contribution >= 0.6 is 0 Å². The molecule has 0 saturated carbocycles. The third kappa shape index (κ3) is 2.78. The molecule has 8 heteroatoms. The lowest BCUT2D eigenvalue weighted by Gasteiger charge is -2.08. The second-order valence-electron chi connectivity index (χ2n) is 4.36. The normalized spacial score (nSPS) is 10.6. The molecule has 0 saturated heterocycles. The Morgan fingerprint density at radius 3 is 2.81 bits per heavy atom. The lowest BCUT2D eigenvalue weighted by atomic mass is 10.2. The van der Waals surface area contributed by atoms with Crippen molar-refractivity contribution >= 4 is 17.6 Å². The number of nitrogens with two attached hydrogens (primary N) is 1. The van der Waals surface area contributed by atoms with Gasteiger partial charge in [0, 0.05) is 18.1 Å². The van der Waals surface area contributed by atoms with Crippen molar-refractivity contribution in [2.45, 2.75) is 6.92 Å². The first-order chi connectivity index (χ1) is 10.1. The Labute approximate surface area is 119 Å². The molecule has 0 fully saturated rings. The van der Waals surface area contributed by atoms with Crippen LogP contribution < -0.4 is 11.1 Å². The Morgan fingerprint density at radius 1 is 1.24 bits per heavy atom. The molecule has 21 heavy (non-hydrogen) atoms. The van der Waals surface area contributed by atoms with Crippen LogP contribution in [0.4, 0.5) is 22.0 Å². The number of aryl methyl sites for hydroxylation is 1. The molecule has 7 nitrogen and oxygen atoms in total. The second-order valence-corrected chi connectivity index (χ2v) is 4.36. The third-order valence-electron chi connectivity index (χ3n) is 2.76. The standard InChI is InChI=1S/C13H12FN7/c1-8-7-9(3-4-10(8)14)17-12-18-11(15)19-13(20-12)21-6-2-5-16-21/h2-7H,1H3,(H3,15,17,18,19,20). The predicted molar refractivity (Wildman–Crippen MR) is 75.8 cm³/mol. The number of halogens is 1. The lowest BCUT2D eigenvalue weighted by molar-refractivity contribution is 0.619. The largest absolute Gasteiger partial charge is 0.368 e. The van der Waals surface area contributed by atoms with Gasteiger partial charge >= 0.3 is 0 Å². The maximum atomic E-state index is 13.3. The number of aromatic nitrogens is 5. The van der Waals surface area contributed by atoms with Crippen LogP contribution in [0.3, 0.4) is 0 Å². The average molecular weight is 285 g/mol. The highest BCUT2D eigenvalue weighted by atomic mass is 19.1. The number of anilines is 3. The van der Waals surface area contributed by atoms with Crippen molar-refractivity contribution < 1.29 is 4.39 Å². The van der Waals surface area contributed by atoms with Crippen LogP contribution in [0, 0.1) is 12.7 Å². The fourth-order valence-electron chi connectivity index (χ4n) is 1.78. The number of hydrogen-bond donors (Lipinski definition) is 2. The predicted octanol–water partition coefficient (Wildman–Crippen LogP) is 1.83. The minimum Gasteiger partial charge on any atom is -0.368 e. The molecule has 0 bridgehead atoms. The first kappa shape index (κ1) is 13.0. The first-order valence-electron chi connectivity index (χ1n) is 6.16. The van der Waals surface area contributed by atoms with Gasteiger partial charge in [0.25, 0.3) is 5.95 Å². The van der Waals surface area contributed by atoms with Crippen molar-refractivity contribution in [3.05, 3.63) is 48.0 Å². The zero-order valence-electron chi connectivity index (χ0n) is 11.2. The summed E-state index contributed by atoms with van der Waals surface area (Å²) >= 11 is 0. The van der Waals surface area contributed by atoms with E-state index in [1.165, 1.54) is 10.7 Å². The molecule has 1 aromatic carbocycles. The molecular weight excluding hydrogens is 273 g/mol. The van der Waals surface area contributed by atoms with Gasteiger partial charge in [-0.2, -0.15) is 20.1 Å². The summed E-state index contributed by atoms with van der Waals surface area (Å²) in [5.74, 6) is 0.359. The van der Waals surface area contributed by atoms with E-state index in [9.17, 15) is 4.39 Å². The molecule has 0 unspecified atom stereocenters. The highest BCUT2D eigenvalue weighted by Crippen LogP contribution is 2.17. The van der Waals surface area contributed by atoms with Crippen molar-refractivity contribution in [2.75, 3.05) is 11.1 Å². The number of hydrogen-bond acceptors (Lipinski definition) is 6. The molecule has 0 radical (unpaired) electrons. The van der Waals surface area contributed by atoms with Gasteiger partial charge in [-0.3, -0.25) is 0 Å². The maximum Gasteiger partial charge on any atom is 0.257 e. The zero-order valence-corrected chi connectivity index (χ0v) is 11.2. The molecule has 0 spiro atoms. The van der Waals surface area contributed by atoms with Crippen molar-refractivity contribution in [2.24, 2.45) is 0 Å². The molecule has 0 aliphatic carbocycles. The minimum atomic E-state index is -0.270. The Hall–Kier alpha value is -3.03. The molecular formula is C13H12FN7. The van der Waals surface area contributed by atoms with Gasteiger partial charge in [0.2, 0.25) is 11.9 Å². The molecule has 0 aliphatic rings. The van der Waals surface area contributed by atoms with Gasteiger partial charge in [-0.1, -0.05) is 0 Å². The molecule has 3 aromatic rings. The van der Waals surface area contributed by atoms with Crippen LogP contribution in [0.25, 0.3) is 5.95 Å². The summed E-state index contributed by atoms with van der Waals surface area (Å²) in [6, 6.07) is 6.37. The Balaban J connectivity index is 1.93. The van der Waals surface area contributed by atoms with E-state index in [0.717, 1.165) is 0 Å². The van der Waals surface area contributed by atoms with E-state index in [0.29, 0.717) is 17.2 Å². The summed E-state index contributed by atoms with van der Waals surface area (Å²) in [7, 11) is 0.